The van der Waals surface area contributed by atoms with E-state index < -0.39 is 12.7 Å². The Kier molecular flexibility index (Phi) is 3.97. The van der Waals surface area contributed by atoms with E-state index in [1.807, 2.05) is 0 Å². The summed E-state index contributed by atoms with van der Waals surface area (Å²) in [5.41, 5.74) is 5.53. The summed E-state index contributed by atoms with van der Waals surface area (Å²) in [6, 6.07) is 0. The van der Waals surface area contributed by atoms with Crippen molar-refractivity contribution in [2.45, 2.75) is 19.3 Å². The summed E-state index contributed by atoms with van der Waals surface area (Å²) >= 11 is 0. The van der Waals surface area contributed by atoms with Crippen molar-refractivity contribution in [3.8, 4) is 0 Å². The van der Waals surface area contributed by atoms with Gasteiger partial charge in [0.1, 0.15) is 18.9 Å². The normalized spacial score (nSPS) is 12.9. The lowest BCUT2D eigenvalue weighted by Gasteiger charge is -2.12. The molecule has 1 aromatic heterocycles. The van der Waals surface area contributed by atoms with Gasteiger partial charge in [-0.15, -0.1) is 0 Å². The first-order chi connectivity index (χ1) is 7.79. The zero-order valence-electron chi connectivity index (χ0n) is 9.57. The van der Waals surface area contributed by atoms with Crippen LogP contribution in [-0.2, 0) is 13.1 Å². The van der Waals surface area contributed by atoms with Gasteiger partial charge in [-0.1, -0.05) is 0 Å². The number of nitrogens with two attached hydrogens (primary N) is 1. The molecule has 0 unspecified atom stereocenters. The summed E-state index contributed by atoms with van der Waals surface area (Å²) in [7, 11) is 3.39. The maximum Gasteiger partial charge on any atom is 0.406 e. The molecular formula is C9H14F3N5. The highest BCUT2D eigenvalue weighted by Gasteiger charge is 2.28. The van der Waals surface area contributed by atoms with Crippen LogP contribution in [0.2, 0.25) is 0 Å². The van der Waals surface area contributed by atoms with Crippen LogP contribution in [0.3, 0.4) is 0 Å². The quantitative estimate of drug-likeness (QED) is 0.637. The Bertz CT molecular complexity index is 394. The van der Waals surface area contributed by atoms with Crippen LogP contribution in [0.4, 0.5) is 13.2 Å². The van der Waals surface area contributed by atoms with Gasteiger partial charge in [-0.05, 0) is 0 Å². The van der Waals surface area contributed by atoms with Crippen molar-refractivity contribution in [3.63, 3.8) is 0 Å². The second-order valence-electron chi connectivity index (χ2n) is 3.66. The number of halogens is 3. The number of hydrogen-bond acceptors (Lipinski definition) is 2. The van der Waals surface area contributed by atoms with Crippen LogP contribution in [0.15, 0.2) is 17.4 Å². The standard InChI is InChI=1S/C9H14F3N5/c1-16(2)8(13)15-5-7-14-3-4-17(7)6-9(10,11)12/h3-4H,5-6H2,1-2H3,(H2,13,15). The van der Waals surface area contributed by atoms with E-state index in [1.54, 1.807) is 19.0 Å². The third kappa shape index (κ3) is 4.33. The molecular weight excluding hydrogens is 235 g/mol. The highest BCUT2D eigenvalue weighted by Crippen LogP contribution is 2.18. The van der Waals surface area contributed by atoms with E-state index in [2.05, 4.69) is 9.98 Å². The largest absolute Gasteiger partial charge is 0.406 e. The van der Waals surface area contributed by atoms with Crippen molar-refractivity contribution in [2.24, 2.45) is 10.7 Å². The van der Waals surface area contributed by atoms with E-state index in [9.17, 15) is 13.2 Å². The van der Waals surface area contributed by atoms with E-state index >= 15 is 0 Å². The first kappa shape index (κ1) is 13.3. The molecule has 0 amide bonds. The van der Waals surface area contributed by atoms with Crippen molar-refractivity contribution in [3.05, 3.63) is 18.2 Å². The van der Waals surface area contributed by atoms with Crippen LogP contribution in [-0.4, -0.2) is 40.7 Å². The van der Waals surface area contributed by atoms with Gasteiger partial charge in [0.05, 0.1) is 0 Å². The molecule has 0 fully saturated rings. The molecule has 96 valence electrons. The van der Waals surface area contributed by atoms with Gasteiger partial charge in [-0.25, -0.2) is 9.98 Å². The zero-order valence-corrected chi connectivity index (χ0v) is 9.57. The Hall–Kier alpha value is -1.73. The van der Waals surface area contributed by atoms with Crippen molar-refractivity contribution in [1.29, 1.82) is 0 Å². The molecule has 0 aromatic carbocycles. The minimum Gasteiger partial charge on any atom is -0.370 e. The lowest BCUT2D eigenvalue weighted by atomic mass is 10.5. The fourth-order valence-corrected chi connectivity index (χ4v) is 1.12. The number of alkyl halides is 3. The molecule has 0 bridgehead atoms. The van der Waals surface area contributed by atoms with Crippen molar-refractivity contribution in [2.75, 3.05) is 14.1 Å². The third-order valence-electron chi connectivity index (χ3n) is 1.99. The SMILES string of the molecule is CN(C)C(N)=NCc1nccn1CC(F)(F)F. The van der Waals surface area contributed by atoms with Crippen molar-refractivity contribution >= 4 is 5.96 Å². The van der Waals surface area contributed by atoms with Crippen LogP contribution in [0.25, 0.3) is 0 Å². The molecule has 0 aliphatic heterocycles. The fourth-order valence-electron chi connectivity index (χ4n) is 1.12. The minimum atomic E-state index is -4.27. The first-order valence-electron chi connectivity index (χ1n) is 4.83. The van der Waals surface area contributed by atoms with Crippen LogP contribution in [0.5, 0.6) is 0 Å². The molecule has 0 saturated heterocycles. The number of nitrogens with zero attached hydrogens (tertiary/aromatic N) is 4. The highest BCUT2D eigenvalue weighted by molar-refractivity contribution is 5.77. The Morgan fingerprint density at radius 1 is 1.53 bits per heavy atom. The maximum atomic E-state index is 12.2. The van der Waals surface area contributed by atoms with Gasteiger partial charge in [-0.2, -0.15) is 13.2 Å². The number of aromatic nitrogens is 2. The van der Waals surface area contributed by atoms with Gasteiger partial charge in [0.2, 0.25) is 0 Å². The van der Waals surface area contributed by atoms with Gasteiger partial charge < -0.3 is 15.2 Å². The molecule has 1 rings (SSSR count). The molecule has 0 spiro atoms. The Balaban J connectivity index is 2.73. The summed E-state index contributed by atoms with van der Waals surface area (Å²) in [4.78, 5) is 9.31. The summed E-state index contributed by atoms with van der Waals surface area (Å²) in [6.45, 7) is -1.05. The number of aliphatic imine (C=N–C) groups is 1. The second-order valence-corrected chi connectivity index (χ2v) is 3.66. The molecule has 0 aliphatic rings. The molecule has 2 N–H and O–H groups in total. The molecule has 17 heavy (non-hydrogen) atoms. The van der Waals surface area contributed by atoms with Crippen LogP contribution >= 0.6 is 0 Å². The predicted molar refractivity (Wildman–Crippen MR) is 57.3 cm³/mol. The fraction of sp³-hybridized carbons (Fsp3) is 0.556. The second kappa shape index (κ2) is 5.07. The number of hydrogen-bond donors (Lipinski definition) is 1. The minimum absolute atomic E-state index is 0.0209. The first-order valence-corrected chi connectivity index (χ1v) is 4.83. The maximum absolute atomic E-state index is 12.2. The highest BCUT2D eigenvalue weighted by atomic mass is 19.4. The summed E-state index contributed by atoms with van der Waals surface area (Å²) in [5.74, 6) is 0.471. The van der Waals surface area contributed by atoms with Crippen LogP contribution < -0.4 is 5.73 Å². The lowest BCUT2D eigenvalue weighted by Crippen LogP contribution is -2.30. The van der Waals surface area contributed by atoms with E-state index in [4.69, 9.17) is 5.73 Å². The monoisotopic (exact) mass is 249 g/mol. The van der Waals surface area contributed by atoms with Gasteiger partial charge in [0.15, 0.2) is 5.96 Å². The van der Waals surface area contributed by atoms with Crippen molar-refractivity contribution in [1.82, 2.24) is 14.5 Å². The molecule has 8 heteroatoms. The van der Waals surface area contributed by atoms with Gasteiger partial charge in [0, 0.05) is 26.5 Å². The Labute approximate surface area is 96.8 Å². The zero-order chi connectivity index (χ0) is 13.1. The Morgan fingerprint density at radius 2 is 2.18 bits per heavy atom. The van der Waals surface area contributed by atoms with E-state index in [-0.39, 0.29) is 18.3 Å². The lowest BCUT2D eigenvalue weighted by molar-refractivity contribution is -0.141. The topological polar surface area (TPSA) is 59.4 Å². The number of guanidine groups is 1. The summed E-state index contributed by atoms with van der Waals surface area (Å²) in [5, 5.41) is 0. The van der Waals surface area contributed by atoms with Crippen LogP contribution in [0.1, 0.15) is 5.82 Å². The predicted octanol–water partition coefficient (Wildman–Crippen LogP) is 0.822. The van der Waals surface area contributed by atoms with E-state index in [0.29, 0.717) is 0 Å². The number of rotatable bonds is 3. The van der Waals surface area contributed by atoms with Crippen molar-refractivity contribution < 1.29 is 13.2 Å². The van der Waals surface area contributed by atoms with E-state index in [1.165, 1.54) is 12.4 Å². The molecule has 5 nitrogen and oxygen atoms in total. The summed E-state index contributed by atoms with van der Waals surface area (Å²) < 4.78 is 37.6. The third-order valence-corrected chi connectivity index (χ3v) is 1.99. The average molecular weight is 249 g/mol. The van der Waals surface area contributed by atoms with Gasteiger partial charge in [0.25, 0.3) is 0 Å². The number of imidazole rings is 1. The smallest absolute Gasteiger partial charge is 0.370 e. The van der Waals surface area contributed by atoms with Gasteiger partial charge >= 0.3 is 6.18 Å². The molecule has 1 heterocycles. The molecule has 0 atom stereocenters. The van der Waals surface area contributed by atoms with Crippen LogP contribution in [0, 0.1) is 0 Å². The summed E-state index contributed by atoms with van der Waals surface area (Å²) in [6.07, 6.45) is -1.70. The average Bonchev–Trinajstić information content (AvgIpc) is 2.58. The molecule has 0 radical (unpaired) electrons. The molecule has 0 aliphatic carbocycles. The Morgan fingerprint density at radius 3 is 2.71 bits per heavy atom. The van der Waals surface area contributed by atoms with Gasteiger partial charge in [-0.3, -0.25) is 0 Å². The van der Waals surface area contributed by atoms with E-state index in [0.717, 1.165) is 4.57 Å². The molecule has 1 aromatic rings. The molecule has 0 saturated carbocycles.